The highest BCUT2D eigenvalue weighted by molar-refractivity contribution is 5.85. The maximum absolute atomic E-state index is 13.7. The van der Waals surface area contributed by atoms with Crippen molar-refractivity contribution in [1.82, 2.24) is 19.8 Å². The van der Waals surface area contributed by atoms with Crippen LogP contribution in [0.3, 0.4) is 0 Å². The summed E-state index contributed by atoms with van der Waals surface area (Å²) in [6.45, 7) is 36.0. The van der Waals surface area contributed by atoms with Crippen molar-refractivity contribution in [3.8, 4) is 5.75 Å². The van der Waals surface area contributed by atoms with E-state index in [1.54, 1.807) is 18.1 Å². The van der Waals surface area contributed by atoms with Crippen LogP contribution in [0.25, 0.3) is 0 Å². The summed E-state index contributed by atoms with van der Waals surface area (Å²) < 4.78 is 33.4. The lowest BCUT2D eigenvalue weighted by molar-refractivity contribution is 0.389. The van der Waals surface area contributed by atoms with E-state index < -0.39 is 17.0 Å². The van der Waals surface area contributed by atoms with Crippen LogP contribution in [0.2, 0.25) is 0 Å². The Bertz CT molecular complexity index is 1860. The van der Waals surface area contributed by atoms with E-state index in [4.69, 9.17) is 4.74 Å². The fourth-order valence-electron chi connectivity index (χ4n) is 6.46. The highest BCUT2D eigenvalue weighted by Crippen LogP contribution is 2.31. The van der Waals surface area contributed by atoms with Gasteiger partial charge in [0.15, 0.2) is 0 Å². The summed E-state index contributed by atoms with van der Waals surface area (Å²) in [6.07, 6.45) is 15.6. The fraction of sp³-hybridized carbons (Fsp3) is 0.528. The minimum Gasteiger partial charge on any atom is -0.497 e. The van der Waals surface area contributed by atoms with Gasteiger partial charge in [-0.05, 0) is 78.9 Å². The summed E-state index contributed by atoms with van der Waals surface area (Å²) in [7, 11) is 1.70. The number of unbranched alkanes of at least 4 members (excludes halogenated alkanes) is 2. The van der Waals surface area contributed by atoms with Gasteiger partial charge in [0.2, 0.25) is 0 Å². The van der Waals surface area contributed by atoms with E-state index in [1.807, 2.05) is 65.0 Å². The number of hydrogen-bond acceptors (Lipinski definition) is 8. The monoisotopic (exact) mass is 887 g/mol. The Labute approximate surface area is 387 Å². The van der Waals surface area contributed by atoms with Crippen LogP contribution < -0.4 is 19.4 Å². The van der Waals surface area contributed by atoms with E-state index in [0.717, 1.165) is 74.7 Å². The van der Waals surface area contributed by atoms with Gasteiger partial charge in [-0.1, -0.05) is 141 Å². The molecule has 0 bridgehead atoms. The van der Waals surface area contributed by atoms with Gasteiger partial charge in [0.25, 0.3) is 0 Å². The van der Waals surface area contributed by atoms with Crippen LogP contribution in [0.4, 0.5) is 25.8 Å². The van der Waals surface area contributed by atoms with E-state index in [2.05, 4.69) is 127 Å². The third kappa shape index (κ3) is 18.5. The first-order valence-electron chi connectivity index (χ1n) is 23.9. The molecule has 11 heteroatoms. The molecular formula is C53H84F2N8O. The second kappa shape index (κ2) is 31.6. The van der Waals surface area contributed by atoms with Gasteiger partial charge in [0.05, 0.1) is 13.7 Å². The van der Waals surface area contributed by atoms with E-state index >= 15 is 0 Å². The Morgan fingerprint density at radius 3 is 1.73 bits per heavy atom. The van der Waals surface area contributed by atoms with E-state index in [1.165, 1.54) is 61.2 Å². The molecule has 64 heavy (non-hydrogen) atoms. The predicted molar refractivity (Wildman–Crippen MR) is 272 cm³/mol. The SMILES string of the molecule is C=C1N(/C(=C/CCC)CC)N=CN1c1ccc(N2CCN(c3ccc(OC)cc3)CC2)cc1.CC.CC.CC(C)(Cn1cncn1)c1ccc(F)cc1F.CCC(C)CC.CCCC. The van der Waals surface area contributed by atoms with Crippen molar-refractivity contribution in [3.05, 3.63) is 121 Å². The average molecular weight is 887 g/mol. The van der Waals surface area contributed by atoms with Gasteiger partial charge in [0.1, 0.15) is 42.2 Å². The molecule has 1 fully saturated rings. The smallest absolute Gasteiger partial charge is 0.137 e. The van der Waals surface area contributed by atoms with Crippen molar-refractivity contribution < 1.29 is 13.5 Å². The van der Waals surface area contributed by atoms with Gasteiger partial charge in [0, 0.05) is 60.4 Å². The van der Waals surface area contributed by atoms with E-state index in [9.17, 15) is 8.78 Å². The molecule has 2 aliphatic rings. The molecular weight excluding hydrogens is 803 g/mol. The normalized spacial score (nSPS) is 13.3. The predicted octanol–water partition coefficient (Wildman–Crippen LogP) is 14.5. The number of allylic oxidation sites excluding steroid dienone is 2. The molecule has 0 unspecified atom stereocenters. The Hall–Kier alpha value is -5.19. The minimum absolute atomic E-state index is 0.467. The van der Waals surface area contributed by atoms with Gasteiger partial charge in [-0.25, -0.2) is 18.8 Å². The van der Waals surface area contributed by atoms with Crippen molar-refractivity contribution in [3.63, 3.8) is 0 Å². The second-order valence-electron chi connectivity index (χ2n) is 15.9. The number of piperazine rings is 1. The first-order valence-corrected chi connectivity index (χ1v) is 23.9. The van der Waals surface area contributed by atoms with Crippen LogP contribution in [0.15, 0.2) is 109 Å². The van der Waals surface area contributed by atoms with Crippen LogP contribution in [-0.2, 0) is 12.0 Å². The van der Waals surface area contributed by atoms with Crippen molar-refractivity contribution in [2.75, 3.05) is 48.0 Å². The molecule has 9 nitrogen and oxygen atoms in total. The number of aromatic nitrogens is 3. The standard InChI is InChI=1S/C27H35N5O.C12H13F2N3.C6H14.C4H10.2C2H6/c1-5-7-8-23(6-2)32-22(3)31(21-28-32)26-11-9-24(10-12-26)29-17-19-30(20-18-29)25-13-15-27(33-4)16-14-25;1-12(2,6-17-8-15-7-16-17)10-4-3-9(13)5-11(10)14;1-4-6(3)5-2;1-3-4-2;2*1-2/h8-16,21H,3,5-7,17-20H2,1-2,4H3;3-5,7-8H,6H2,1-2H3;6H,4-5H2,1-3H3;3-4H2,1-2H3;2*1-2H3/b23-8+;;;;;. The second-order valence-corrected chi connectivity index (χ2v) is 15.9. The van der Waals surface area contributed by atoms with Crippen LogP contribution in [0.1, 0.15) is 141 Å². The summed E-state index contributed by atoms with van der Waals surface area (Å²) in [6, 6.07) is 20.7. The summed E-state index contributed by atoms with van der Waals surface area (Å²) in [5, 5.41) is 10.5. The van der Waals surface area contributed by atoms with Crippen molar-refractivity contribution in [2.24, 2.45) is 11.0 Å². The van der Waals surface area contributed by atoms with Crippen LogP contribution in [-0.4, -0.2) is 59.4 Å². The number of hydrazone groups is 1. The maximum atomic E-state index is 13.7. The maximum Gasteiger partial charge on any atom is 0.137 e. The summed E-state index contributed by atoms with van der Waals surface area (Å²) in [5.41, 5.74) is 4.77. The first-order chi connectivity index (χ1) is 30.8. The molecule has 2 aliphatic heterocycles. The van der Waals surface area contributed by atoms with E-state index in [-0.39, 0.29) is 0 Å². The van der Waals surface area contributed by atoms with Gasteiger partial charge in [-0.2, -0.15) is 10.2 Å². The molecule has 356 valence electrons. The Morgan fingerprint density at radius 1 is 0.781 bits per heavy atom. The number of anilines is 3. The molecule has 3 aromatic carbocycles. The number of rotatable bonds is 14. The topological polar surface area (TPSA) is 65.3 Å². The van der Waals surface area contributed by atoms with Crippen molar-refractivity contribution >= 4 is 23.4 Å². The largest absolute Gasteiger partial charge is 0.497 e. The number of benzene rings is 3. The molecule has 0 radical (unpaired) electrons. The molecule has 0 atom stereocenters. The van der Waals surface area contributed by atoms with E-state index in [0.29, 0.717) is 12.1 Å². The number of halogens is 2. The number of nitrogens with zero attached hydrogens (tertiary/aromatic N) is 8. The third-order valence-electron chi connectivity index (χ3n) is 10.9. The van der Waals surface area contributed by atoms with Crippen LogP contribution in [0, 0.1) is 17.6 Å². The lowest BCUT2D eigenvalue weighted by Gasteiger charge is -2.37. The molecule has 0 aliphatic carbocycles. The summed E-state index contributed by atoms with van der Waals surface area (Å²) >= 11 is 0. The Morgan fingerprint density at radius 2 is 1.31 bits per heavy atom. The van der Waals surface area contributed by atoms with Gasteiger partial charge in [-0.3, -0.25) is 9.58 Å². The molecule has 1 aromatic heterocycles. The highest BCUT2D eigenvalue weighted by Gasteiger charge is 2.26. The molecule has 6 rings (SSSR count). The Balaban J connectivity index is 0.000000548. The quantitative estimate of drug-likeness (QED) is 0.125. The molecule has 0 spiro atoms. The number of hydrogen-bond donors (Lipinski definition) is 0. The lowest BCUT2D eigenvalue weighted by Crippen LogP contribution is -2.46. The zero-order valence-electron chi connectivity index (χ0n) is 42.2. The summed E-state index contributed by atoms with van der Waals surface area (Å²) in [5.74, 6) is 1.61. The van der Waals surface area contributed by atoms with Crippen LogP contribution >= 0.6 is 0 Å². The van der Waals surface area contributed by atoms with Crippen molar-refractivity contribution in [2.45, 2.75) is 147 Å². The molecule has 4 aromatic rings. The average Bonchev–Trinajstić information content (AvgIpc) is 3.99. The first kappa shape index (κ1) is 56.8. The fourth-order valence-corrected chi connectivity index (χ4v) is 6.46. The third-order valence-corrected chi connectivity index (χ3v) is 10.9. The highest BCUT2D eigenvalue weighted by atomic mass is 19.1. The lowest BCUT2D eigenvalue weighted by atomic mass is 9.84. The van der Waals surface area contributed by atoms with Gasteiger partial charge < -0.3 is 14.5 Å². The molecule has 0 saturated carbocycles. The van der Waals surface area contributed by atoms with Crippen molar-refractivity contribution in [1.29, 1.82) is 0 Å². The zero-order chi connectivity index (χ0) is 48.1. The zero-order valence-corrected chi connectivity index (χ0v) is 42.2. The molecule has 3 heterocycles. The molecule has 0 N–H and O–H groups in total. The molecule has 0 amide bonds. The summed E-state index contributed by atoms with van der Waals surface area (Å²) in [4.78, 5) is 10.8. The molecule has 1 saturated heterocycles. The number of methoxy groups -OCH3 is 1. The number of ether oxygens (including phenoxy) is 1. The van der Waals surface area contributed by atoms with Gasteiger partial charge >= 0.3 is 0 Å². The van der Waals surface area contributed by atoms with Gasteiger partial charge in [-0.15, -0.1) is 0 Å². The van der Waals surface area contributed by atoms with Crippen LogP contribution in [0.5, 0.6) is 5.75 Å². The minimum atomic E-state index is -0.567. The Kier molecular flexibility index (Phi) is 28.1.